The fourth-order valence-electron chi connectivity index (χ4n) is 5.37. The molecular formula is C18H24N4O2. The number of piperidine rings is 1. The van der Waals surface area contributed by atoms with Gasteiger partial charge in [-0.2, -0.15) is 0 Å². The van der Waals surface area contributed by atoms with E-state index in [2.05, 4.69) is 16.9 Å². The number of aromatic nitrogens is 2. The van der Waals surface area contributed by atoms with Gasteiger partial charge in [-0.3, -0.25) is 9.59 Å². The van der Waals surface area contributed by atoms with Crippen LogP contribution in [-0.4, -0.2) is 56.3 Å². The number of nitrogens with zero attached hydrogens (tertiary/aromatic N) is 4. The van der Waals surface area contributed by atoms with Crippen LogP contribution >= 0.6 is 0 Å². The Bertz CT molecular complexity index is 664. The van der Waals surface area contributed by atoms with Crippen LogP contribution in [0.5, 0.6) is 0 Å². The Balaban J connectivity index is 1.75. The van der Waals surface area contributed by atoms with E-state index in [9.17, 15) is 9.59 Å². The molecule has 3 heterocycles. The number of likely N-dealkylation sites (tertiary alicyclic amines) is 2. The van der Waals surface area contributed by atoms with E-state index in [1.54, 1.807) is 19.2 Å². The van der Waals surface area contributed by atoms with Gasteiger partial charge in [0.1, 0.15) is 12.0 Å². The van der Waals surface area contributed by atoms with Crippen LogP contribution < -0.4 is 0 Å². The van der Waals surface area contributed by atoms with Crippen LogP contribution in [0.3, 0.4) is 0 Å². The number of hydrogen-bond acceptors (Lipinski definition) is 4. The lowest BCUT2D eigenvalue weighted by molar-refractivity contribution is -0.136. The predicted molar refractivity (Wildman–Crippen MR) is 88.1 cm³/mol. The summed E-state index contributed by atoms with van der Waals surface area (Å²) >= 11 is 0. The molecule has 2 bridgehead atoms. The zero-order chi connectivity index (χ0) is 16.9. The minimum absolute atomic E-state index is 0.00617. The highest BCUT2D eigenvalue weighted by atomic mass is 16.2. The molecule has 2 amide bonds. The first-order valence-electron chi connectivity index (χ1n) is 8.88. The lowest BCUT2D eigenvalue weighted by Crippen LogP contribution is -2.55. The minimum Gasteiger partial charge on any atom is -0.337 e. The molecule has 128 valence electrons. The zero-order valence-electron chi connectivity index (χ0n) is 14.3. The van der Waals surface area contributed by atoms with Gasteiger partial charge in [-0.15, -0.1) is 0 Å². The standard InChI is InChI=1S/C18H24N4O2/c1-12(23)21-10-13-9-18(2)15(21)5-3-4-6-16(18)22(13)17(24)14-7-8-19-11-20-14/h7-8,11,13,15-16H,3-6,9-10H2,1-2H3/t13-,15+,16-,18+/m0/s1. The summed E-state index contributed by atoms with van der Waals surface area (Å²) in [6, 6.07) is 2.23. The third-order valence-corrected chi connectivity index (χ3v) is 6.36. The van der Waals surface area contributed by atoms with Gasteiger partial charge >= 0.3 is 0 Å². The molecule has 1 aromatic heterocycles. The second-order valence-electron chi connectivity index (χ2n) is 7.66. The summed E-state index contributed by atoms with van der Waals surface area (Å²) in [6.07, 6.45) is 8.34. The summed E-state index contributed by atoms with van der Waals surface area (Å²) in [5.74, 6) is 0.120. The van der Waals surface area contributed by atoms with Crippen molar-refractivity contribution in [1.82, 2.24) is 19.8 Å². The van der Waals surface area contributed by atoms with E-state index in [1.165, 1.54) is 6.33 Å². The molecule has 0 spiro atoms. The van der Waals surface area contributed by atoms with Crippen LogP contribution in [0, 0.1) is 5.41 Å². The van der Waals surface area contributed by atoms with Gasteiger partial charge in [-0.1, -0.05) is 19.8 Å². The lowest BCUT2D eigenvalue weighted by atomic mass is 9.71. The van der Waals surface area contributed by atoms with Crippen molar-refractivity contribution >= 4 is 11.8 Å². The summed E-state index contributed by atoms with van der Waals surface area (Å²) in [6.45, 7) is 4.59. The van der Waals surface area contributed by atoms with Gasteiger partial charge in [0.15, 0.2) is 0 Å². The van der Waals surface area contributed by atoms with Gasteiger partial charge in [0, 0.05) is 37.2 Å². The molecule has 6 heteroatoms. The quantitative estimate of drug-likeness (QED) is 0.789. The number of carbonyl (C=O) groups excluding carboxylic acids is 2. The van der Waals surface area contributed by atoms with E-state index < -0.39 is 0 Å². The van der Waals surface area contributed by atoms with Crippen molar-refractivity contribution in [3.8, 4) is 0 Å². The zero-order valence-corrected chi connectivity index (χ0v) is 14.3. The smallest absolute Gasteiger partial charge is 0.273 e. The van der Waals surface area contributed by atoms with E-state index in [0.29, 0.717) is 12.2 Å². The SMILES string of the molecule is CC(=O)N1C[C@@H]2C[C@@]3(C)[C@H](CCCC[C@@H]13)N2C(=O)c1ccncn1. The number of rotatable bonds is 1. The first-order chi connectivity index (χ1) is 11.5. The number of fused-ring (bicyclic) bond motifs is 1. The molecule has 1 aliphatic carbocycles. The summed E-state index contributed by atoms with van der Waals surface area (Å²) in [5, 5.41) is 0. The second-order valence-corrected chi connectivity index (χ2v) is 7.66. The topological polar surface area (TPSA) is 66.4 Å². The van der Waals surface area contributed by atoms with Gasteiger partial charge in [-0.25, -0.2) is 9.97 Å². The molecule has 24 heavy (non-hydrogen) atoms. The van der Waals surface area contributed by atoms with E-state index in [4.69, 9.17) is 0 Å². The highest BCUT2D eigenvalue weighted by Crippen LogP contribution is 2.53. The Morgan fingerprint density at radius 1 is 1.25 bits per heavy atom. The molecule has 0 N–H and O–H groups in total. The third-order valence-electron chi connectivity index (χ3n) is 6.36. The maximum atomic E-state index is 13.2. The summed E-state index contributed by atoms with van der Waals surface area (Å²) in [7, 11) is 0. The Labute approximate surface area is 142 Å². The van der Waals surface area contributed by atoms with E-state index >= 15 is 0 Å². The Kier molecular flexibility index (Phi) is 3.58. The summed E-state index contributed by atoms with van der Waals surface area (Å²) in [5.41, 5.74) is 0.449. The molecule has 0 radical (unpaired) electrons. The molecule has 3 fully saturated rings. The molecule has 6 nitrogen and oxygen atoms in total. The van der Waals surface area contributed by atoms with Gasteiger partial charge in [0.05, 0.1) is 6.04 Å². The van der Waals surface area contributed by atoms with E-state index in [1.807, 2.05) is 9.80 Å². The molecule has 4 atom stereocenters. The average molecular weight is 328 g/mol. The molecule has 0 unspecified atom stereocenters. The van der Waals surface area contributed by atoms with Crippen LogP contribution in [0.1, 0.15) is 56.4 Å². The first-order valence-corrected chi connectivity index (χ1v) is 8.88. The maximum Gasteiger partial charge on any atom is 0.273 e. The van der Waals surface area contributed by atoms with Gasteiger partial charge < -0.3 is 9.80 Å². The molecule has 3 aliphatic rings. The van der Waals surface area contributed by atoms with Crippen molar-refractivity contribution in [2.45, 2.75) is 64.1 Å². The number of hydrogen-bond donors (Lipinski definition) is 0. The Morgan fingerprint density at radius 2 is 2.00 bits per heavy atom. The van der Waals surface area contributed by atoms with Gasteiger partial charge in [0.25, 0.3) is 5.91 Å². The van der Waals surface area contributed by atoms with Crippen LogP contribution in [0.25, 0.3) is 0 Å². The largest absolute Gasteiger partial charge is 0.337 e. The van der Waals surface area contributed by atoms with Crippen molar-refractivity contribution in [2.24, 2.45) is 5.41 Å². The van der Waals surface area contributed by atoms with Crippen LogP contribution in [0.4, 0.5) is 0 Å². The number of carbonyl (C=O) groups is 2. The molecular weight excluding hydrogens is 304 g/mol. The molecule has 2 saturated heterocycles. The average Bonchev–Trinajstić information content (AvgIpc) is 2.69. The normalized spacial score (nSPS) is 34.8. The molecule has 1 aromatic rings. The van der Waals surface area contributed by atoms with E-state index in [-0.39, 0.29) is 35.4 Å². The lowest BCUT2D eigenvalue weighted by Gasteiger charge is -2.46. The van der Waals surface area contributed by atoms with E-state index in [0.717, 1.165) is 32.1 Å². The van der Waals surface area contributed by atoms with Crippen LogP contribution in [-0.2, 0) is 4.79 Å². The fraction of sp³-hybridized carbons (Fsp3) is 0.667. The van der Waals surface area contributed by atoms with Crippen molar-refractivity contribution in [1.29, 1.82) is 0 Å². The summed E-state index contributed by atoms with van der Waals surface area (Å²) < 4.78 is 0. The Morgan fingerprint density at radius 3 is 2.67 bits per heavy atom. The molecule has 1 saturated carbocycles. The molecule has 0 aromatic carbocycles. The van der Waals surface area contributed by atoms with Gasteiger partial charge in [-0.05, 0) is 25.3 Å². The van der Waals surface area contributed by atoms with Gasteiger partial charge in [0.2, 0.25) is 5.91 Å². The number of amides is 2. The summed E-state index contributed by atoms with van der Waals surface area (Å²) in [4.78, 5) is 37.5. The fourth-order valence-corrected chi connectivity index (χ4v) is 5.37. The monoisotopic (exact) mass is 328 g/mol. The van der Waals surface area contributed by atoms with Crippen LogP contribution in [0.2, 0.25) is 0 Å². The third kappa shape index (κ3) is 2.15. The molecule has 2 aliphatic heterocycles. The maximum absolute atomic E-state index is 13.2. The van der Waals surface area contributed by atoms with Crippen molar-refractivity contribution in [3.63, 3.8) is 0 Å². The molecule has 4 rings (SSSR count). The van der Waals surface area contributed by atoms with Crippen molar-refractivity contribution in [3.05, 3.63) is 24.3 Å². The van der Waals surface area contributed by atoms with Crippen molar-refractivity contribution < 1.29 is 9.59 Å². The second kappa shape index (κ2) is 5.53. The van der Waals surface area contributed by atoms with Crippen molar-refractivity contribution in [2.75, 3.05) is 6.54 Å². The minimum atomic E-state index is -0.0119. The first kappa shape index (κ1) is 15.5. The Hall–Kier alpha value is -1.98. The highest BCUT2D eigenvalue weighted by Gasteiger charge is 2.60. The van der Waals surface area contributed by atoms with Crippen LogP contribution in [0.15, 0.2) is 18.6 Å². The predicted octanol–water partition coefficient (Wildman–Crippen LogP) is 1.87. The highest BCUT2D eigenvalue weighted by molar-refractivity contribution is 5.93.